The van der Waals surface area contributed by atoms with E-state index in [1.54, 1.807) is 6.07 Å². The first-order valence-electron chi connectivity index (χ1n) is 4.98. The highest BCUT2D eigenvalue weighted by molar-refractivity contribution is 6.31. The van der Waals surface area contributed by atoms with E-state index in [0.29, 0.717) is 5.75 Å². The van der Waals surface area contributed by atoms with Gasteiger partial charge in [0.05, 0.1) is 12.1 Å². The van der Waals surface area contributed by atoms with Gasteiger partial charge in [-0.1, -0.05) is 11.6 Å². The van der Waals surface area contributed by atoms with Gasteiger partial charge in [0, 0.05) is 12.1 Å². The molecule has 0 bridgehead atoms. The van der Waals surface area contributed by atoms with E-state index in [0.717, 1.165) is 24.9 Å². The molecule has 4 heteroatoms. The lowest BCUT2D eigenvalue weighted by Crippen LogP contribution is -2.13. The zero-order valence-corrected chi connectivity index (χ0v) is 9.27. The summed E-state index contributed by atoms with van der Waals surface area (Å²) in [6, 6.07) is 3.26. The monoisotopic (exact) mass is 229 g/mol. The third-order valence-electron chi connectivity index (χ3n) is 2.70. The van der Waals surface area contributed by atoms with Crippen LogP contribution in [-0.2, 0) is 0 Å². The van der Waals surface area contributed by atoms with Gasteiger partial charge >= 0.3 is 0 Å². The van der Waals surface area contributed by atoms with Crippen molar-refractivity contribution in [2.45, 2.75) is 18.9 Å². The van der Waals surface area contributed by atoms with Gasteiger partial charge in [-0.25, -0.2) is 4.39 Å². The molecule has 82 valence electrons. The molecule has 0 spiro atoms. The van der Waals surface area contributed by atoms with Crippen molar-refractivity contribution in [3.05, 3.63) is 28.5 Å². The van der Waals surface area contributed by atoms with E-state index in [1.807, 2.05) is 0 Å². The number of hydrogen-bond acceptors (Lipinski definition) is 2. The topological polar surface area (TPSA) is 21.3 Å². The Morgan fingerprint density at radius 2 is 2.33 bits per heavy atom. The van der Waals surface area contributed by atoms with Crippen LogP contribution in [0.2, 0.25) is 5.02 Å². The largest absolute Gasteiger partial charge is 0.497 e. The summed E-state index contributed by atoms with van der Waals surface area (Å²) in [5.74, 6) is 0.0975. The van der Waals surface area contributed by atoms with Crippen LogP contribution in [-0.4, -0.2) is 13.7 Å². The summed E-state index contributed by atoms with van der Waals surface area (Å²) in [6.07, 6.45) is 2.09. The van der Waals surface area contributed by atoms with Gasteiger partial charge in [0.1, 0.15) is 11.6 Å². The van der Waals surface area contributed by atoms with Gasteiger partial charge in [-0.05, 0) is 31.0 Å². The van der Waals surface area contributed by atoms with Crippen LogP contribution in [0.15, 0.2) is 12.1 Å². The molecule has 1 aromatic rings. The highest BCUT2D eigenvalue weighted by Gasteiger charge is 2.21. The van der Waals surface area contributed by atoms with Crippen molar-refractivity contribution in [2.75, 3.05) is 13.7 Å². The van der Waals surface area contributed by atoms with Crippen LogP contribution < -0.4 is 10.1 Å². The van der Waals surface area contributed by atoms with Gasteiger partial charge in [-0.15, -0.1) is 0 Å². The minimum Gasteiger partial charge on any atom is -0.497 e. The Morgan fingerprint density at radius 3 is 2.93 bits per heavy atom. The maximum atomic E-state index is 13.4. The Balaban J connectivity index is 2.39. The molecule has 1 aliphatic heterocycles. The highest BCUT2D eigenvalue weighted by atomic mass is 35.5. The van der Waals surface area contributed by atoms with Crippen molar-refractivity contribution in [1.82, 2.24) is 5.32 Å². The number of nitrogens with one attached hydrogen (secondary N) is 1. The van der Waals surface area contributed by atoms with Gasteiger partial charge in [0.2, 0.25) is 0 Å². The molecule has 1 atom stereocenters. The first-order chi connectivity index (χ1) is 7.22. The van der Waals surface area contributed by atoms with E-state index in [4.69, 9.17) is 16.3 Å². The van der Waals surface area contributed by atoms with Crippen LogP contribution in [0.25, 0.3) is 0 Å². The molecule has 2 rings (SSSR count). The maximum Gasteiger partial charge on any atom is 0.145 e. The number of halogens is 2. The van der Waals surface area contributed by atoms with Crippen LogP contribution in [0.4, 0.5) is 4.39 Å². The Kier molecular flexibility index (Phi) is 3.12. The Morgan fingerprint density at radius 1 is 1.53 bits per heavy atom. The summed E-state index contributed by atoms with van der Waals surface area (Å²) in [5, 5.41) is 3.49. The lowest BCUT2D eigenvalue weighted by Gasteiger charge is -2.14. The molecule has 2 nitrogen and oxygen atoms in total. The molecule has 1 unspecified atom stereocenters. The van der Waals surface area contributed by atoms with Crippen molar-refractivity contribution >= 4 is 11.6 Å². The van der Waals surface area contributed by atoms with E-state index in [2.05, 4.69) is 5.32 Å². The quantitative estimate of drug-likeness (QED) is 0.842. The molecule has 1 aliphatic rings. The van der Waals surface area contributed by atoms with Crippen molar-refractivity contribution in [1.29, 1.82) is 0 Å². The van der Waals surface area contributed by atoms with Crippen molar-refractivity contribution < 1.29 is 9.13 Å². The zero-order chi connectivity index (χ0) is 10.8. The molecule has 0 aliphatic carbocycles. The second kappa shape index (κ2) is 4.37. The van der Waals surface area contributed by atoms with E-state index in [9.17, 15) is 4.39 Å². The summed E-state index contributed by atoms with van der Waals surface area (Å²) in [6.45, 7) is 0.958. The zero-order valence-electron chi connectivity index (χ0n) is 8.52. The second-order valence-electron chi connectivity index (χ2n) is 3.66. The average Bonchev–Trinajstić information content (AvgIpc) is 2.75. The molecule has 1 fully saturated rings. The third kappa shape index (κ3) is 2.08. The van der Waals surface area contributed by atoms with Crippen molar-refractivity contribution in [3.63, 3.8) is 0 Å². The third-order valence-corrected chi connectivity index (χ3v) is 3.10. The SMILES string of the molecule is COc1cc(F)c(Cl)c(C2CCCN2)c1. The highest BCUT2D eigenvalue weighted by Crippen LogP contribution is 2.33. The molecule has 0 saturated carbocycles. The second-order valence-corrected chi connectivity index (χ2v) is 4.04. The number of ether oxygens (including phenoxy) is 1. The van der Waals surface area contributed by atoms with Crippen LogP contribution in [0, 0.1) is 5.82 Å². The summed E-state index contributed by atoms with van der Waals surface area (Å²) in [7, 11) is 1.52. The smallest absolute Gasteiger partial charge is 0.145 e. The van der Waals surface area contributed by atoms with Crippen LogP contribution in [0.1, 0.15) is 24.4 Å². The molecule has 0 radical (unpaired) electrons. The van der Waals surface area contributed by atoms with E-state index >= 15 is 0 Å². The van der Waals surface area contributed by atoms with Gasteiger partial charge in [0.25, 0.3) is 0 Å². The molecule has 0 amide bonds. The summed E-state index contributed by atoms with van der Waals surface area (Å²) >= 11 is 5.93. The molecular formula is C11H13ClFNO. The predicted molar refractivity (Wildman–Crippen MR) is 57.9 cm³/mol. The normalized spacial score (nSPS) is 20.6. The Labute approximate surface area is 93.4 Å². The fraction of sp³-hybridized carbons (Fsp3) is 0.455. The van der Waals surface area contributed by atoms with E-state index in [-0.39, 0.29) is 11.1 Å². The Bertz CT molecular complexity index is 364. The lowest BCUT2D eigenvalue weighted by atomic mass is 10.0. The first-order valence-corrected chi connectivity index (χ1v) is 5.36. The average molecular weight is 230 g/mol. The molecule has 1 N–H and O–H groups in total. The summed E-state index contributed by atoms with van der Waals surface area (Å²) in [5.41, 5.74) is 0.797. The first kappa shape index (κ1) is 10.7. The Hall–Kier alpha value is -0.800. The van der Waals surface area contributed by atoms with Gasteiger partial charge in [-0.2, -0.15) is 0 Å². The number of rotatable bonds is 2. The summed E-state index contributed by atoms with van der Waals surface area (Å²) in [4.78, 5) is 0. The number of benzene rings is 1. The number of methoxy groups -OCH3 is 1. The van der Waals surface area contributed by atoms with Crippen LogP contribution in [0.3, 0.4) is 0 Å². The van der Waals surface area contributed by atoms with E-state index < -0.39 is 5.82 Å². The molecule has 0 aromatic heterocycles. The van der Waals surface area contributed by atoms with Crippen molar-refractivity contribution in [3.8, 4) is 5.75 Å². The standard InChI is InChI=1S/C11H13ClFNO/c1-15-7-5-8(10-3-2-4-14-10)11(12)9(13)6-7/h5-6,10,14H,2-4H2,1H3. The fourth-order valence-corrected chi connectivity index (χ4v) is 2.15. The number of hydrogen-bond donors (Lipinski definition) is 1. The lowest BCUT2D eigenvalue weighted by molar-refractivity contribution is 0.409. The molecule has 15 heavy (non-hydrogen) atoms. The molecule has 1 aromatic carbocycles. The predicted octanol–water partition coefficient (Wildman–Crippen LogP) is 2.91. The minimum absolute atomic E-state index is 0.155. The maximum absolute atomic E-state index is 13.4. The molecule has 1 saturated heterocycles. The van der Waals surface area contributed by atoms with E-state index in [1.165, 1.54) is 13.2 Å². The van der Waals surface area contributed by atoms with Crippen LogP contribution >= 0.6 is 11.6 Å². The molecular weight excluding hydrogens is 217 g/mol. The van der Waals surface area contributed by atoms with Gasteiger partial charge < -0.3 is 10.1 Å². The van der Waals surface area contributed by atoms with Crippen molar-refractivity contribution in [2.24, 2.45) is 0 Å². The van der Waals surface area contributed by atoms with Gasteiger partial charge in [-0.3, -0.25) is 0 Å². The fourth-order valence-electron chi connectivity index (χ4n) is 1.91. The summed E-state index contributed by atoms with van der Waals surface area (Å²) < 4.78 is 18.5. The minimum atomic E-state index is -0.417. The van der Waals surface area contributed by atoms with Gasteiger partial charge in [0.15, 0.2) is 0 Å². The molecule has 1 heterocycles. The van der Waals surface area contributed by atoms with Crippen LogP contribution in [0.5, 0.6) is 5.75 Å².